The number of morpholine rings is 1. The van der Waals surface area contributed by atoms with Gasteiger partial charge in [0.25, 0.3) is 5.91 Å². The van der Waals surface area contributed by atoms with E-state index in [-0.39, 0.29) is 18.0 Å². The van der Waals surface area contributed by atoms with Gasteiger partial charge in [-0.2, -0.15) is 5.10 Å². The highest BCUT2D eigenvalue weighted by Gasteiger charge is 2.17. The molecule has 0 radical (unpaired) electrons. The molecular formula is C17H19FN4O3. The molecule has 1 saturated heterocycles. The fourth-order valence-electron chi connectivity index (χ4n) is 2.49. The molecule has 0 saturated carbocycles. The Morgan fingerprint density at radius 3 is 2.76 bits per heavy atom. The second kappa shape index (κ2) is 7.43. The normalized spacial score (nSPS) is 14.4. The molecule has 1 aromatic carbocycles. The van der Waals surface area contributed by atoms with Crippen LogP contribution >= 0.6 is 0 Å². The molecule has 2 heterocycles. The summed E-state index contributed by atoms with van der Waals surface area (Å²) in [4.78, 5) is 26.0. The number of benzene rings is 1. The summed E-state index contributed by atoms with van der Waals surface area (Å²) in [5, 5.41) is 6.76. The van der Waals surface area contributed by atoms with Crippen molar-refractivity contribution in [2.24, 2.45) is 0 Å². The smallest absolute Gasteiger partial charge is 0.256 e. The van der Waals surface area contributed by atoms with Crippen molar-refractivity contribution in [2.45, 2.75) is 13.5 Å². The molecule has 25 heavy (non-hydrogen) atoms. The highest BCUT2D eigenvalue weighted by atomic mass is 19.1. The van der Waals surface area contributed by atoms with Gasteiger partial charge >= 0.3 is 0 Å². The van der Waals surface area contributed by atoms with Gasteiger partial charge in [0.1, 0.15) is 12.4 Å². The number of amides is 2. The zero-order chi connectivity index (χ0) is 17.8. The van der Waals surface area contributed by atoms with Crippen molar-refractivity contribution < 1.29 is 18.7 Å². The Balaban J connectivity index is 1.60. The van der Waals surface area contributed by atoms with Crippen LogP contribution in [-0.2, 0) is 16.1 Å². The molecule has 1 fully saturated rings. The van der Waals surface area contributed by atoms with Crippen molar-refractivity contribution >= 4 is 17.6 Å². The maximum atomic E-state index is 13.6. The largest absolute Gasteiger partial charge is 0.378 e. The molecule has 2 amide bonds. The van der Waals surface area contributed by atoms with E-state index in [2.05, 4.69) is 10.4 Å². The molecule has 8 heteroatoms. The van der Waals surface area contributed by atoms with Crippen molar-refractivity contribution in [1.29, 1.82) is 0 Å². The number of carbonyl (C=O) groups is 2. The first-order valence-corrected chi connectivity index (χ1v) is 7.99. The van der Waals surface area contributed by atoms with Crippen LogP contribution in [0, 0.1) is 12.7 Å². The summed E-state index contributed by atoms with van der Waals surface area (Å²) >= 11 is 0. The molecule has 2 aromatic rings. The Bertz CT molecular complexity index is 784. The highest BCUT2D eigenvalue weighted by Crippen LogP contribution is 2.12. The average molecular weight is 346 g/mol. The summed E-state index contributed by atoms with van der Waals surface area (Å²) in [7, 11) is 0. The van der Waals surface area contributed by atoms with Gasteiger partial charge in [-0.25, -0.2) is 4.39 Å². The summed E-state index contributed by atoms with van der Waals surface area (Å²) in [6, 6.07) is 5.87. The summed E-state index contributed by atoms with van der Waals surface area (Å²) in [5.41, 5.74) is 0.685. The lowest BCUT2D eigenvalue weighted by atomic mass is 10.1. The molecule has 0 spiro atoms. The van der Waals surface area contributed by atoms with Crippen molar-refractivity contribution in [3.63, 3.8) is 0 Å². The van der Waals surface area contributed by atoms with E-state index in [0.29, 0.717) is 37.7 Å². The van der Waals surface area contributed by atoms with Crippen molar-refractivity contribution in [3.05, 3.63) is 47.4 Å². The van der Waals surface area contributed by atoms with Crippen LogP contribution in [0.1, 0.15) is 15.9 Å². The fraction of sp³-hybridized carbons (Fsp3) is 0.353. The Kier molecular flexibility index (Phi) is 5.08. The number of rotatable bonds is 4. The summed E-state index contributed by atoms with van der Waals surface area (Å²) in [5.74, 6) is -0.636. The van der Waals surface area contributed by atoms with Gasteiger partial charge < -0.3 is 15.0 Å². The van der Waals surface area contributed by atoms with Gasteiger partial charge in [0.05, 0.1) is 13.2 Å². The van der Waals surface area contributed by atoms with E-state index >= 15 is 0 Å². The Morgan fingerprint density at radius 2 is 2.04 bits per heavy atom. The number of carbonyl (C=O) groups excluding carboxylic acids is 2. The van der Waals surface area contributed by atoms with E-state index < -0.39 is 11.7 Å². The molecule has 1 N–H and O–H groups in total. The van der Waals surface area contributed by atoms with E-state index in [1.54, 1.807) is 36.2 Å². The summed E-state index contributed by atoms with van der Waals surface area (Å²) in [6.45, 7) is 3.95. The number of aromatic nitrogens is 2. The monoisotopic (exact) mass is 346 g/mol. The average Bonchev–Trinajstić information content (AvgIpc) is 3.04. The van der Waals surface area contributed by atoms with E-state index in [1.807, 2.05) is 0 Å². The summed E-state index contributed by atoms with van der Waals surface area (Å²) < 4.78 is 20.2. The lowest BCUT2D eigenvalue weighted by Gasteiger charge is -2.26. The Labute approximate surface area is 144 Å². The number of hydrogen-bond acceptors (Lipinski definition) is 4. The van der Waals surface area contributed by atoms with Gasteiger partial charge in [-0.1, -0.05) is 6.07 Å². The second-order valence-corrected chi connectivity index (χ2v) is 5.81. The maximum Gasteiger partial charge on any atom is 0.256 e. The third-order valence-electron chi connectivity index (χ3n) is 3.98. The first-order valence-electron chi connectivity index (χ1n) is 7.99. The number of nitrogens with one attached hydrogen (secondary N) is 1. The number of anilines is 1. The molecule has 0 bridgehead atoms. The maximum absolute atomic E-state index is 13.6. The predicted molar refractivity (Wildman–Crippen MR) is 88.7 cm³/mol. The van der Waals surface area contributed by atoms with E-state index in [0.717, 1.165) is 0 Å². The molecule has 7 nitrogen and oxygen atoms in total. The number of aryl methyl sites for hydroxylation is 1. The van der Waals surface area contributed by atoms with Crippen LogP contribution < -0.4 is 5.32 Å². The van der Waals surface area contributed by atoms with Crippen LogP contribution in [0.2, 0.25) is 0 Å². The van der Waals surface area contributed by atoms with Crippen LogP contribution in [0.25, 0.3) is 0 Å². The number of ether oxygens (including phenoxy) is 1. The Morgan fingerprint density at radius 1 is 1.28 bits per heavy atom. The van der Waals surface area contributed by atoms with Gasteiger partial charge in [0, 0.05) is 30.9 Å². The van der Waals surface area contributed by atoms with Crippen LogP contribution in [-0.4, -0.2) is 52.8 Å². The predicted octanol–water partition coefficient (Wildman–Crippen LogP) is 1.44. The minimum Gasteiger partial charge on any atom is -0.378 e. The topological polar surface area (TPSA) is 76.5 Å². The van der Waals surface area contributed by atoms with Gasteiger partial charge in [-0.15, -0.1) is 0 Å². The van der Waals surface area contributed by atoms with Crippen LogP contribution in [0.3, 0.4) is 0 Å². The van der Waals surface area contributed by atoms with Gasteiger partial charge in [-0.05, 0) is 24.6 Å². The summed E-state index contributed by atoms with van der Waals surface area (Å²) in [6.07, 6.45) is 1.61. The zero-order valence-corrected chi connectivity index (χ0v) is 13.9. The highest BCUT2D eigenvalue weighted by molar-refractivity contribution is 6.03. The quantitative estimate of drug-likeness (QED) is 0.909. The Hall–Kier alpha value is -2.74. The van der Waals surface area contributed by atoms with E-state index in [9.17, 15) is 14.0 Å². The zero-order valence-electron chi connectivity index (χ0n) is 13.9. The molecule has 0 unspecified atom stereocenters. The minimum atomic E-state index is -0.455. The third-order valence-corrected chi connectivity index (χ3v) is 3.98. The molecule has 1 aliphatic heterocycles. The first kappa shape index (κ1) is 17.1. The van der Waals surface area contributed by atoms with Gasteiger partial charge in [-0.3, -0.25) is 14.3 Å². The van der Waals surface area contributed by atoms with Crippen molar-refractivity contribution in [2.75, 3.05) is 31.6 Å². The molecule has 3 rings (SSSR count). The van der Waals surface area contributed by atoms with Gasteiger partial charge in [0.15, 0.2) is 5.82 Å². The standard InChI is InChI=1S/C17H19FN4O3/c1-12-2-3-13(10-14(12)18)17(24)19-15-4-5-22(20-15)11-16(23)21-6-8-25-9-7-21/h2-5,10H,6-9,11H2,1H3,(H,19,20,24). The first-order chi connectivity index (χ1) is 12.0. The molecule has 0 atom stereocenters. The lowest BCUT2D eigenvalue weighted by Crippen LogP contribution is -2.42. The van der Waals surface area contributed by atoms with Crippen LogP contribution in [0.5, 0.6) is 0 Å². The number of hydrogen-bond donors (Lipinski definition) is 1. The molecule has 0 aliphatic carbocycles. The van der Waals surface area contributed by atoms with Crippen LogP contribution in [0.15, 0.2) is 30.5 Å². The molecule has 1 aliphatic rings. The minimum absolute atomic E-state index is 0.0510. The lowest BCUT2D eigenvalue weighted by molar-refractivity contribution is -0.136. The number of halogens is 1. The second-order valence-electron chi connectivity index (χ2n) is 5.81. The number of nitrogens with zero attached hydrogens (tertiary/aromatic N) is 3. The van der Waals surface area contributed by atoms with Crippen molar-refractivity contribution in [1.82, 2.24) is 14.7 Å². The van der Waals surface area contributed by atoms with Gasteiger partial charge in [0.2, 0.25) is 5.91 Å². The molecular weight excluding hydrogens is 327 g/mol. The fourth-order valence-corrected chi connectivity index (χ4v) is 2.49. The third kappa shape index (κ3) is 4.21. The SMILES string of the molecule is Cc1ccc(C(=O)Nc2ccn(CC(=O)N3CCOCC3)n2)cc1F. The van der Waals surface area contributed by atoms with E-state index in [4.69, 9.17) is 4.74 Å². The molecule has 1 aromatic heterocycles. The van der Waals surface area contributed by atoms with E-state index in [1.165, 1.54) is 10.7 Å². The van der Waals surface area contributed by atoms with Crippen molar-refractivity contribution in [3.8, 4) is 0 Å². The van der Waals surface area contributed by atoms with Crippen LogP contribution in [0.4, 0.5) is 10.2 Å². The molecule has 132 valence electrons.